The number of pyridine rings is 1. The van der Waals surface area contributed by atoms with Crippen molar-refractivity contribution < 1.29 is 22.7 Å². The Hall–Kier alpha value is -2.58. The molecule has 0 atom stereocenters. The van der Waals surface area contributed by atoms with Crippen molar-refractivity contribution in [3.63, 3.8) is 0 Å². The number of nitrogens with one attached hydrogen (secondary N) is 1. The van der Waals surface area contributed by atoms with E-state index >= 15 is 0 Å². The molecule has 1 aliphatic rings. The number of hydrogen-bond acceptors (Lipinski definition) is 4. The second kappa shape index (κ2) is 7.44. The van der Waals surface area contributed by atoms with Gasteiger partial charge in [0, 0.05) is 29.9 Å². The van der Waals surface area contributed by atoms with Crippen LogP contribution in [-0.2, 0) is 11.0 Å². The molecule has 2 aromatic rings. The standard InChI is InChI=1S/C20H21F3N2O3/c1-4-27-24-12-15-18(25-10-6-5-7-17(25)26)14-11-13(20(21,22)23)8-9-16(14)28-19(15,2)3/h5-11,24H,4,12H2,1-3H3. The van der Waals surface area contributed by atoms with E-state index in [0.717, 1.165) is 12.1 Å². The van der Waals surface area contributed by atoms with Crippen LogP contribution < -0.4 is 15.8 Å². The molecule has 0 unspecified atom stereocenters. The van der Waals surface area contributed by atoms with Crippen LogP contribution in [0.4, 0.5) is 13.2 Å². The minimum atomic E-state index is -4.52. The van der Waals surface area contributed by atoms with Gasteiger partial charge in [0.25, 0.3) is 5.56 Å². The summed E-state index contributed by atoms with van der Waals surface area (Å²) in [4.78, 5) is 17.7. The van der Waals surface area contributed by atoms with Gasteiger partial charge in [-0.25, -0.2) is 0 Å². The Balaban J connectivity index is 2.29. The maximum absolute atomic E-state index is 13.3. The Morgan fingerprint density at radius 1 is 1.21 bits per heavy atom. The molecule has 0 saturated carbocycles. The fourth-order valence-electron chi connectivity index (χ4n) is 3.17. The lowest BCUT2D eigenvalue weighted by atomic mass is 9.88. The molecule has 1 aromatic carbocycles. The van der Waals surface area contributed by atoms with Crippen molar-refractivity contribution in [3.8, 4) is 5.75 Å². The average molecular weight is 394 g/mol. The fraction of sp³-hybridized carbons (Fsp3) is 0.350. The number of rotatable bonds is 5. The topological polar surface area (TPSA) is 52.5 Å². The van der Waals surface area contributed by atoms with Gasteiger partial charge >= 0.3 is 6.18 Å². The highest BCUT2D eigenvalue weighted by Crippen LogP contribution is 2.43. The van der Waals surface area contributed by atoms with Gasteiger partial charge < -0.3 is 9.57 Å². The summed E-state index contributed by atoms with van der Waals surface area (Å²) < 4.78 is 47.2. The highest BCUT2D eigenvalue weighted by atomic mass is 19.4. The van der Waals surface area contributed by atoms with Crippen LogP contribution in [0.1, 0.15) is 31.9 Å². The van der Waals surface area contributed by atoms with E-state index in [2.05, 4.69) is 5.48 Å². The summed E-state index contributed by atoms with van der Waals surface area (Å²) in [6.07, 6.45) is -2.98. The molecule has 0 bridgehead atoms. The molecule has 1 aromatic heterocycles. The van der Waals surface area contributed by atoms with Gasteiger partial charge in [0.05, 0.1) is 17.9 Å². The summed E-state index contributed by atoms with van der Waals surface area (Å²) in [6.45, 7) is 5.98. The molecule has 0 saturated heterocycles. The smallest absolute Gasteiger partial charge is 0.416 e. The molecule has 0 spiro atoms. The Kier molecular flexibility index (Phi) is 5.36. The molecule has 3 rings (SSSR count). The summed E-state index contributed by atoms with van der Waals surface area (Å²) in [5, 5.41) is 0. The maximum atomic E-state index is 13.3. The summed E-state index contributed by atoms with van der Waals surface area (Å²) in [5.74, 6) is 0.281. The van der Waals surface area contributed by atoms with Gasteiger partial charge in [-0.2, -0.15) is 18.7 Å². The largest absolute Gasteiger partial charge is 0.483 e. The zero-order valence-corrected chi connectivity index (χ0v) is 15.8. The van der Waals surface area contributed by atoms with Crippen molar-refractivity contribution in [2.45, 2.75) is 32.5 Å². The molecule has 0 aliphatic carbocycles. The normalized spacial score (nSPS) is 15.9. The monoisotopic (exact) mass is 394 g/mol. The van der Waals surface area contributed by atoms with E-state index in [1.165, 1.54) is 22.9 Å². The lowest BCUT2D eigenvalue weighted by Gasteiger charge is -2.37. The first kappa shape index (κ1) is 20.2. The van der Waals surface area contributed by atoms with Gasteiger partial charge in [-0.1, -0.05) is 6.07 Å². The van der Waals surface area contributed by atoms with Gasteiger partial charge in [0.1, 0.15) is 11.4 Å². The van der Waals surface area contributed by atoms with Crippen molar-refractivity contribution in [2.75, 3.05) is 13.2 Å². The number of alkyl halides is 3. The number of hydroxylamine groups is 1. The summed E-state index contributed by atoms with van der Waals surface area (Å²) in [7, 11) is 0. The molecule has 150 valence electrons. The third kappa shape index (κ3) is 3.83. The molecular weight excluding hydrogens is 373 g/mol. The lowest BCUT2D eigenvalue weighted by Crippen LogP contribution is -2.41. The van der Waals surface area contributed by atoms with Crippen molar-refractivity contribution in [1.29, 1.82) is 0 Å². The predicted octanol–water partition coefficient (Wildman–Crippen LogP) is 3.84. The predicted molar refractivity (Wildman–Crippen MR) is 98.8 cm³/mol. The second-order valence-electron chi connectivity index (χ2n) is 6.81. The number of hydrogen-bond donors (Lipinski definition) is 1. The highest BCUT2D eigenvalue weighted by Gasteiger charge is 2.38. The molecule has 8 heteroatoms. The fourth-order valence-corrected chi connectivity index (χ4v) is 3.17. The van der Waals surface area contributed by atoms with Crippen molar-refractivity contribution in [1.82, 2.24) is 10.0 Å². The summed E-state index contributed by atoms with van der Waals surface area (Å²) in [6, 6.07) is 7.87. The molecule has 5 nitrogen and oxygen atoms in total. The van der Waals surface area contributed by atoms with E-state index < -0.39 is 17.3 Å². The summed E-state index contributed by atoms with van der Waals surface area (Å²) in [5.41, 5.74) is 1.90. The zero-order chi connectivity index (χ0) is 20.5. The van der Waals surface area contributed by atoms with Crippen LogP contribution in [0.25, 0.3) is 5.70 Å². The number of halogens is 3. The molecule has 1 aliphatic heterocycles. The number of aromatic nitrogens is 1. The quantitative estimate of drug-likeness (QED) is 0.619. The van der Waals surface area contributed by atoms with E-state index in [-0.39, 0.29) is 23.4 Å². The maximum Gasteiger partial charge on any atom is 0.416 e. The van der Waals surface area contributed by atoms with Gasteiger partial charge in [-0.15, -0.1) is 0 Å². The first-order valence-electron chi connectivity index (χ1n) is 8.82. The van der Waals surface area contributed by atoms with Gasteiger partial charge in [0.2, 0.25) is 0 Å². The Morgan fingerprint density at radius 3 is 2.61 bits per heavy atom. The summed E-state index contributed by atoms with van der Waals surface area (Å²) >= 11 is 0. The molecule has 0 radical (unpaired) electrons. The van der Waals surface area contributed by atoms with Crippen LogP contribution >= 0.6 is 0 Å². The van der Waals surface area contributed by atoms with Gasteiger partial charge in [0.15, 0.2) is 0 Å². The molecule has 0 fully saturated rings. The van der Waals surface area contributed by atoms with Crippen LogP contribution in [0.3, 0.4) is 0 Å². The third-order valence-corrected chi connectivity index (χ3v) is 4.50. The number of benzene rings is 1. The first-order chi connectivity index (χ1) is 13.1. The van der Waals surface area contributed by atoms with Crippen molar-refractivity contribution in [3.05, 3.63) is 69.6 Å². The van der Waals surface area contributed by atoms with Gasteiger partial charge in [-0.05, 0) is 45.0 Å². The molecule has 28 heavy (non-hydrogen) atoms. The number of fused-ring (bicyclic) bond motifs is 1. The molecule has 2 heterocycles. The van der Waals surface area contributed by atoms with Crippen LogP contribution in [0.5, 0.6) is 5.75 Å². The Labute approximate surface area is 160 Å². The van der Waals surface area contributed by atoms with E-state index in [0.29, 0.717) is 17.9 Å². The highest BCUT2D eigenvalue weighted by molar-refractivity contribution is 5.77. The molecule has 0 amide bonds. The second-order valence-corrected chi connectivity index (χ2v) is 6.81. The minimum absolute atomic E-state index is 0.174. The first-order valence-corrected chi connectivity index (χ1v) is 8.82. The van der Waals surface area contributed by atoms with E-state index in [9.17, 15) is 18.0 Å². The van der Waals surface area contributed by atoms with Crippen molar-refractivity contribution in [2.24, 2.45) is 0 Å². The van der Waals surface area contributed by atoms with Crippen LogP contribution in [-0.4, -0.2) is 23.3 Å². The molecule has 1 N–H and O–H groups in total. The van der Waals surface area contributed by atoms with E-state index in [1.54, 1.807) is 32.9 Å². The minimum Gasteiger partial charge on any atom is -0.483 e. The number of ether oxygens (including phenoxy) is 1. The van der Waals surface area contributed by atoms with Crippen LogP contribution in [0, 0.1) is 0 Å². The van der Waals surface area contributed by atoms with Crippen LogP contribution in [0.15, 0.2) is 53.0 Å². The van der Waals surface area contributed by atoms with Crippen molar-refractivity contribution >= 4 is 5.70 Å². The molecular formula is C20H21F3N2O3. The third-order valence-electron chi connectivity index (χ3n) is 4.50. The lowest BCUT2D eigenvalue weighted by molar-refractivity contribution is -0.137. The van der Waals surface area contributed by atoms with Gasteiger partial charge in [-0.3, -0.25) is 9.36 Å². The van der Waals surface area contributed by atoms with E-state index in [1.807, 2.05) is 0 Å². The van der Waals surface area contributed by atoms with E-state index in [4.69, 9.17) is 9.57 Å². The number of nitrogens with zero attached hydrogens (tertiary/aromatic N) is 1. The SMILES string of the molecule is CCONCC1=C(n2ccccc2=O)c2cc(C(F)(F)F)ccc2OC1(C)C. The Morgan fingerprint density at radius 2 is 1.96 bits per heavy atom. The Bertz CT molecular complexity index is 962. The van der Waals surface area contributed by atoms with Crippen LogP contribution in [0.2, 0.25) is 0 Å². The average Bonchev–Trinajstić information content (AvgIpc) is 2.61. The zero-order valence-electron chi connectivity index (χ0n) is 15.8.